The van der Waals surface area contributed by atoms with E-state index in [1.807, 2.05) is 6.07 Å². The molecule has 0 amide bonds. The molecule has 1 aromatic heterocycles. The van der Waals surface area contributed by atoms with Crippen molar-refractivity contribution in [3.8, 4) is 11.8 Å². The van der Waals surface area contributed by atoms with Gasteiger partial charge in [0.15, 0.2) is 0 Å². The van der Waals surface area contributed by atoms with Gasteiger partial charge in [-0.15, -0.1) is 11.3 Å². The first-order valence-electron chi connectivity index (χ1n) is 7.10. The number of nitrogens with zero attached hydrogens (tertiary/aromatic N) is 1. The van der Waals surface area contributed by atoms with Crippen LogP contribution in [0.2, 0.25) is 0 Å². The van der Waals surface area contributed by atoms with Crippen molar-refractivity contribution in [2.24, 2.45) is 5.92 Å². The molecule has 0 aromatic carbocycles. The van der Waals surface area contributed by atoms with Crippen molar-refractivity contribution in [3.05, 3.63) is 34.0 Å². The molecular weight excluding hydrogens is 266 g/mol. The summed E-state index contributed by atoms with van der Waals surface area (Å²) >= 11 is 1.72. The highest BCUT2D eigenvalue weighted by atomic mass is 32.1. The third-order valence-corrected chi connectivity index (χ3v) is 4.28. The predicted molar refractivity (Wildman–Crippen MR) is 85.7 cm³/mol. The van der Waals surface area contributed by atoms with Crippen molar-refractivity contribution < 1.29 is 5.11 Å². The van der Waals surface area contributed by atoms with E-state index >= 15 is 0 Å². The molecule has 0 aliphatic carbocycles. The second-order valence-electron chi connectivity index (χ2n) is 6.17. The van der Waals surface area contributed by atoms with Crippen LogP contribution in [0.1, 0.15) is 37.4 Å². The van der Waals surface area contributed by atoms with Crippen molar-refractivity contribution in [1.29, 1.82) is 0 Å². The fourth-order valence-corrected chi connectivity index (χ4v) is 3.22. The lowest BCUT2D eigenvalue weighted by Crippen LogP contribution is -2.33. The lowest BCUT2D eigenvalue weighted by atomic mass is 10.0. The average molecular weight is 289 g/mol. The van der Waals surface area contributed by atoms with Crippen LogP contribution in [0, 0.1) is 17.8 Å². The Labute approximate surface area is 126 Å². The molecule has 1 N–H and O–H groups in total. The molecule has 1 unspecified atom stereocenters. The highest BCUT2D eigenvalue weighted by Crippen LogP contribution is 2.24. The molecule has 0 saturated heterocycles. The Balaban J connectivity index is 2.01. The number of hydrogen-bond acceptors (Lipinski definition) is 3. The molecule has 108 valence electrons. The molecule has 1 aromatic rings. The summed E-state index contributed by atoms with van der Waals surface area (Å²) in [7, 11) is 0. The number of rotatable bonds is 3. The van der Waals surface area contributed by atoms with Crippen molar-refractivity contribution in [3.63, 3.8) is 0 Å². The Morgan fingerprint density at radius 1 is 1.45 bits per heavy atom. The van der Waals surface area contributed by atoms with E-state index in [1.165, 1.54) is 4.88 Å². The molecule has 3 heteroatoms. The van der Waals surface area contributed by atoms with Gasteiger partial charge in [-0.05, 0) is 31.9 Å². The van der Waals surface area contributed by atoms with Crippen LogP contribution in [-0.2, 0) is 6.54 Å². The molecule has 20 heavy (non-hydrogen) atoms. The molecule has 2 heterocycles. The molecule has 2 rings (SSSR count). The van der Waals surface area contributed by atoms with E-state index in [0.717, 1.165) is 18.0 Å². The molecule has 0 radical (unpaired) electrons. The Kier molecular flexibility index (Phi) is 4.70. The summed E-state index contributed by atoms with van der Waals surface area (Å²) in [6.07, 6.45) is 4.57. The van der Waals surface area contributed by atoms with Gasteiger partial charge in [0, 0.05) is 24.0 Å². The topological polar surface area (TPSA) is 23.5 Å². The normalized spacial score (nSPS) is 19.4. The molecule has 1 aliphatic heterocycles. The van der Waals surface area contributed by atoms with Crippen LogP contribution in [-0.4, -0.2) is 28.2 Å². The summed E-state index contributed by atoms with van der Waals surface area (Å²) in [4.78, 5) is 4.85. The first-order chi connectivity index (χ1) is 9.35. The van der Waals surface area contributed by atoms with Gasteiger partial charge in [-0.2, -0.15) is 0 Å². The first kappa shape index (κ1) is 15.3. The molecule has 0 spiro atoms. The average Bonchev–Trinajstić information content (AvgIpc) is 2.95. The van der Waals surface area contributed by atoms with Crippen molar-refractivity contribution >= 4 is 11.3 Å². The van der Waals surface area contributed by atoms with Gasteiger partial charge in [0.25, 0.3) is 0 Å². The summed E-state index contributed by atoms with van der Waals surface area (Å²) in [5.41, 5.74) is -0.925. The van der Waals surface area contributed by atoms with Gasteiger partial charge in [0.2, 0.25) is 0 Å². The second-order valence-corrected chi connectivity index (χ2v) is 7.34. The maximum absolute atomic E-state index is 9.63. The molecule has 1 atom stereocenters. The van der Waals surface area contributed by atoms with E-state index in [9.17, 15) is 5.11 Å². The minimum absolute atomic E-state index is 0.544. The molecule has 1 aliphatic rings. The quantitative estimate of drug-likeness (QED) is 0.682. The largest absolute Gasteiger partial charge is 0.378 e. The third kappa shape index (κ3) is 4.21. The second kappa shape index (κ2) is 6.13. The Hall–Kier alpha value is -1.08. The van der Waals surface area contributed by atoms with E-state index in [1.54, 1.807) is 25.2 Å². The molecular formula is C17H23NOS. The zero-order chi connectivity index (χ0) is 14.8. The van der Waals surface area contributed by atoms with E-state index in [4.69, 9.17) is 0 Å². The van der Waals surface area contributed by atoms with Crippen LogP contribution in [0.5, 0.6) is 0 Å². The van der Waals surface area contributed by atoms with E-state index < -0.39 is 5.60 Å². The smallest absolute Gasteiger partial charge is 0.120 e. The van der Waals surface area contributed by atoms with E-state index in [2.05, 4.69) is 48.8 Å². The summed E-state index contributed by atoms with van der Waals surface area (Å²) in [5.74, 6) is 6.55. The van der Waals surface area contributed by atoms with Gasteiger partial charge in [-0.3, -0.25) is 4.90 Å². The summed E-state index contributed by atoms with van der Waals surface area (Å²) < 4.78 is 0. The molecule has 0 saturated carbocycles. The maximum Gasteiger partial charge on any atom is 0.120 e. The number of hydrogen-bond donors (Lipinski definition) is 1. The summed E-state index contributed by atoms with van der Waals surface area (Å²) in [5, 5.41) is 9.63. The Morgan fingerprint density at radius 3 is 2.85 bits per heavy atom. The van der Waals surface area contributed by atoms with Crippen molar-refractivity contribution in [1.82, 2.24) is 4.90 Å². The van der Waals surface area contributed by atoms with Crippen LogP contribution in [0.25, 0.3) is 0 Å². The highest BCUT2D eigenvalue weighted by Gasteiger charge is 2.22. The Bertz CT molecular complexity index is 539. The van der Waals surface area contributed by atoms with Crippen molar-refractivity contribution in [2.45, 2.75) is 45.9 Å². The minimum Gasteiger partial charge on any atom is -0.378 e. The lowest BCUT2D eigenvalue weighted by Gasteiger charge is -2.26. The Morgan fingerprint density at radius 2 is 2.20 bits per heavy atom. The van der Waals surface area contributed by atoms with Gasteiger partial charge >= 0.3 is 0 Å². The van der Waals surface area contributed by atoms with E-state index in [0.29, 0.717) is 12.0 Å². The zero-order valence-corrected chi connectivity index (χ0v) is 13.5. The monoisotopic (exact) mass is 289 g/mol. The predicted octanol–water partition coefficient (Wildman–Crippen LogP) is 3.27. The first-order valence-corrected chi connectivity index (χ1v) is 7.92. The third-order valence-electron chi connectivity index (χ3n) is 3.29. The van der Waals surface area contributed by atoms with Crippen LogP contribution >= 0.6 is 11.3 Å². The molecule has 0 bridgehead atoms. The number of aliphatic hydroxyl groups is 1. The summed E-state index contributed by atoms with van der Waals surface area (Å²) in [6.45, 7) is 9.95. The van der Waals surface area contributed by atoms with Crippen molar-refractivity contribution in [2.75, 3.05) is 6.54 Å². The molecule has 2 nitrogen and oxygen atoms in total. The molecule has 0 fully saturated rings. The van der Waals surface area contributed by atoms with Gasteiger partial charge in [0.05, 0.1) is 4.88 Å². The van der Waals surface area contributed by atoms with Crippen LogP contribution in [0.4, 0.5) is 0 Å². The SMILES string of the molecule is CC(C)C1C=CCN1Cc1ccc(C#CC(C)(C)O)s1. The lowest BCUT2D eigenvalue weighted by molar-refractivity contribution is 0.143. The van der Waals surface area contributed by atoms with Gasteiger partial charge in [-0.1, -0.05) is 37.8 Å². The fraction of sp³-hybridized carbons (Fsp3) is 0.529. The summed E-state index contributed by atoms with van der Waals surface area (Å²) in [6, 6.07) is 4.74. The van der Waals surface area contributed by atoms with Gasteiger partial charge < -0.3 is 5.11 Å². The highest BCUT2D eigenvalue weighted by molar-refractivity contribution is 7.12. The van der Waals surface area contributed by atoms with Crippen LogP contribution in [0.3, 0.4) is 0 Å². The van der Waals surface area contributed by atoms with Crippen LogP contribution in [0.15, 0.2) is 24.3 Å². The van der Waals surface area contributed by atoms with Gasteiger partial charge in [0.1, 0.15) is 5.60 Å². The number of thiophene rings is 1. The minimum atomic E-state index is -0.925. The standard InChI is InChI=1S/C17H23NOS/c1-13(2)16-6-5-11-18(16)12-15-8-7-14(20-15)9-10-17(3,4)19/h5-8,13,16,19H,11-12H2,1-4H3. The maximum atomic E-state index is 9.63. The van der Waals surface area contributed by atoms with E-state index in [-0.39, 0.29) is 0 Å². The zero-order valence-electron chi connectivity index (χ0n) is 12.7. The van der Waals surface area contributed by atoms with Crippen LogP contribution < -0.4 is 0 Å². The fourth-order valence-electron chi connectivity index (χ4n) is 2.34. The van der Waals surface area contributed by atoms with Gasteiger partial charge in [-0.25, -0.2) is 0 Å².